The van der Waals surface area contributed by atoms with Crippen molar-refractivity contribution < 1.29 is 9.30 Å². The first kappa shape index (κ1) is 17.2. The van der Waals surface area contributed by atoms with Crippen molar-refractivity contribution in [1.29, 1.82) is 0 Å². The number of nitrogens with zero attached hydrogens (tertiary/aromatic N) is 1. The van der Waals surface area contributed by atoms with Gasteiger partial charge in [-0.3, -0.25) is 0 Å². The maximum Gasteiger partial charge on any atom is 0.256 e. The largest absolute Gasteiger partial charge is 0.450 e. The first-order valence-electron chi connectivity index (χ1n) is 10.1. The Hall–Kier alpha value is -2.87. The van der Waals surface area contributed by atoms with E-state index in [1.54, 1.807) is 0 Å². The van der Waals surface area contributed by atoms with Gasteiger partial charge in [0.05, 0.1) is 10.9 Å². The van der Waals surface area contributed by atoms with Crippen molar-refractivity contribution in [1.82, 2.24) is 0 Å². The minimum absolute atomic E-state index is 0.618. The normalized spacial score (nSPS) is 12.5. The summed E-state index contributed by atoms with van der Waals surface area (Å²) < 4.78 is 8.80. The summed E-state index contributed by atoms with van der Waals surface area (Å²) in [5, 5.41) is 3.76. The van der Waals surface area contributed by atoms with Crippen LogP contribution in [-0.2, 0) is 13.5 Å². The van der Waals surface area contributed by atoms with E-state index in [0.717, 1.165) is 17.9 Å². The lowest BCUT2D eigenvalue weighted by atomic mass is 9.90. The fraction of sp³-hybridized carbons (Fsp3) is 0.269. The third-order valence-corrected chi connectivity index (χ3v) is 6.11. The van der Waals surface area contributed by atoms with Gasteiger partial charge in [-0.05, 0) is 54.3 Å². The van der Waals surface area contributed by atoms with Crippen LogP contribution in [0.4, 0.5) is 0 Å². The van der Waals surface area contributed by atoms with Gasteiger partial charge in [0.2, 0.25) is 5.52 Å². The Bertz CT molecular complexity index is 1270. The second-order valence-corrected chi connectivity index (χ2v) is 8.51. The van der Waals surface area contributed by atoms with E-state index < -0.39 is 0 Å². The zero-order chi connectivity index (χ0) is 19.6. The van der Waals surface area contributed by atoms with E-state index in [0.29, 0.717) is 5.92 Å². The summed E-state index contributed by atoms with van der Waals surface area (Å²) in [6, 6.07) is 17.6. The minimum atomic E-state index is 0.618. The van der Waals surface area contributed by atoms with Gasteiger partial charge in [0.25, 0.3) is 5.69 Å². The summed E-state index contributed by atoms with van der Waals surface area (Å²) in [6.45, 7) is 8.98. The molecule has 1 aromatic heterocycles. The van der Waals surface area contributed by atoms with Crippen LogP contribution >= 0.6 is 0 Å². The maximum atomic E-state index is 6.47. The van der Waals surface area contributed by atoms with Crippen molar-refractivity contribution in [3.05, 3.63) is 65.2 Å². The van der Waals surface area contributed by atoms with Gasteiger partial charge < -0.3 is 4.74 Å². The van der Waals surface area contributed by atoms with Crippen molar-refractivity contribution >= 4 is 21.7 Å². The molecule has 4 aromatic rings. The van der Waals surface area contributed by atoms with Crippen molar-refractivity contribution in [2.24, 2.45) is 13.0 Å². The van der Waals surface area contributed by atoms with Crippen LogP contribution in [0, 0.1) is 19.8 Å². The van der Waals surface area contributed by atoms with Crippen LogP contribution in [0.2, 0.25) is 0 Å². The van der Waals surface area contributed by atoms with Crippen LogP contribution in [0.5, 0.6) is 11.5 Å². The first-order valence-corrected chi connectivity index (χ1v) is 10.1. The molecule has 2 heterocycles. The van der Waals surface area contributed by atoms with Gasteiger partial charge in [-0.25, -0.2) is 0 Å². The number of hydrogen-bond donors (Lipinski definition) is 0. The standard InChI is InChI=1S/C26H26NO/c1-15(2)12-18-8-6-10-21-20(18)14-23-26(27(21)5)24-17(4)16(3)13-19-9-7-11-22(28-23)25(19)24/h6-11,13-15H,12H2,1-5H3/q+1. The highest BCUT2D eigenvalue weighted by atomic mass is 16.5. The van der Waals surface area contributed by atoms with Gasteiger partial charge in [0, 0.05) is 17.5 Å². The van der Waals surface area contributed by atoms with Crippen molar-refractivity contribution in [3.63, 3.8) is 0 Å². The summed E-state index contributed by atoms with van der Waals surface area (Å²) in [4.78, 5) is 0. The van der Waals surface area contributed by atoms with E-state index in [4.69, 9.17) is 4.74 Å². The molecule has 2 heteroatoms. The lowest BCUT2D eigenvalue weighted by Crippen LogP contribution is -2.34. The third kappa shape index (κ3) is 2.37. The summed E-state index contributed by atoms with van der Waals surface area (Å²) in [7, 11) is 2.17. The topological polar surface area (TPSA) is 13.1 Å². The Morgan fingerprint density at radius 2 is 1.75 bits per heavy atom. The van der Waals surface area contributed by atoms with Crippen molar-refractivity contribution in [2.75, 3.05) is 0 Å². The lowest BCUT2D eigenvalue weighted by Gasteiger charge is -2.22. The maximum absolute atomic E-state index is 6.47. The fourth-order valence-electron chi connectivity index (χ4n) is 4.69. The van der Waals surface area contributed by atoms with E-state index >= 15 is 0 Å². The highest BCUT2D eigenvalue weighted by Gasteiger charge is 2.31. The minimum Gasteiger partial charge on any atom is -0.450 e. The van der Waals surface area contributed by atoms with E-state index in [9.17, 15) is 0 Å². The summed E-state index contributed by atoms with van der Waals surface area (Å²) in [5.74, 6) is 2.54. The van der Waals surface area contributed by atoms with Crippen LogP contribution in [0.25, 0.3) is 32.9 Å². The predicted octanol–water partition coefficient (Wildman–Crippen LogP) is 6.41. The molecule has 0 amide bonds. The van der Waals surface area contributed by atoms with Gasteiger partial charge in [-0.2, -0.15) is 4.57 Å². The fourth-order valence-corrected chi connectivity index (χ4v) is 4.69. The molecule has 0 radical (unpaired) electrons. The van der Waals surface area contributed by atoms with Crippen LogP contribution < -0.4 is 9.30 Å². The molecule has 5 rings (SSSR count). The SMILES string of the molecule is Cc1cc2cccc3c2c(c1C)-c1c(cc2c(CC(C)C)cccc2[n+]1C)O3. The van der Waals surface area contributed by atoms with Crippen LogP contribution in [0.1, 0.15) is 30.5 Å². The first-order chi connectivity index (χ1) is 13.5. The van der Waals surface area contributed by atoms with Gasteiger partial charge in [0.1, 0.15) is 12.8 Å². The van der Waals surface area contributed by atoms with Crippen molar-refractivity contribution in [3.8, 4) is 22.8 Å². The molecule has 1 aliphatic heterocycles. The monoisotopic (exact) mass is 368 g/mol. The van der Waals surface area contributed by atoms with E-state index in [1.165, 1.54) is 49.6 Å². The number of aryl methyl sites for hydroxylation is 2. The molecule has 0 fully saturated rings. The molecular formula is C26H26NO+. The smallest absolute Gasteiger partial charge is 0.256 e. The predicted molar refractivity (Wildman–Crippen MR) is 116 cm³/mol. The van der Waals surface area contributed by atoms with E-state index in [1.807, 2.05) is 0 Å². The Morgan fingerprint density at radius 3 is 2.54 bits per heavy atom. The van der Waals surface area contributed by atoms with Gasteiger partial charge >= 0.3 is 0 Å². The number of ether oxygens (including phenoxy) is 1. The molecule has 140 valence electrons. The number of aromatic nitrogens is 1. The number of fused-ring (bicyclic) bond motifs is 3. The molecule has 0 atom stereocenters. The van der Waals surface area contributed by atoms with Gasteiger partial charge in [-0.15, -0.1) is 0 Å². The van der Waals surface area contributed by atoms with Crippen LogP contribution in [-0.4, -0.2) is 0 Å². The molecule has 0 bridgehead atoms. The molecule has 0 saturated carbocycles. The Labute approximate surface area is 166 Å². The highest BCUT2D eigenvalue weighted by Crippen LogP contribution is 2.48. The molecule has 0 saturated heterocycles. The molecule has 3 aromatic carbocycles. The summed E-state index contributed by atoms with van der Waals surface area (Å²) in [5.41, 5.74) is 7.79. The number of benzene rings is 3. The molecule has 0 aliphatic carbocycles. The molecule has 1 aliphatic rings. The van der Waals surface area contributed by atoms with E-state index in [2.05, 4.69) is 87.8 Å². The van der Waals surface area contributed by atoms with Gasteiger partial charge in [-0.1, -0.05) is 44.2 Å². The third-order valence-electron chi connectivity index (χ3n) is 6.11. The number of hydrogen-bond acceptors (Lipinski definition) is 1. The Kier molecular flexibility index (Phi) is 3.74. The Morgan fingerprint density at radius 1 is 0.964 bits per heavy atom. The van der Waals surface area contributed by atoms with Crippen molar-refractivity contribution in [2.45, 2.75) is 34.1 Å². The zero-order valence-electron chi connectivity index (χ0n) is 17.3. The Balaban J connectivity index is 1.91. The second kappa shape index (κ2) is 6.07. The van der Waals surface area contributed by atoms with E-state index in [-0.39, 0.29) is 0 Å². The number of rotatable bonds is 2. The van der Waals surface area contributed by atoms with Crippen LogP contribution in [0.15, 0.2) is 48.5 Å². The average Bonchev–Trinajstić information content (AvgIpc) is 2.65. The molecule has 28 heavy (non-hydrogen) atoms. The lowest BCUT2D eigenvalue weighted by molar-refractivity contribution is -0.633. The van der Waals surface area contributed by atoms with Crippen LogP contribution in [0.3, 0.4) is 0 Å². The molecule has 0 spiro atoms. The zero-order valence-corrected chi connectivity index (χ0v) is 17.3. The number of pyridine rings is 1. The molecule has 2 nitrogen and oxygen atoms in total. The molecule has 0 N–H and O–H groups in total. The summed E-state index contributed by atoms with van der Waals surface area (Å²) >= 11 is 0. The quantitative estimate of drug-likeness (QED) is 0.328. The summed E-state index contributed by atoms with van der Waals surface area (Å²) in [6.07, 6.45) is 1.07. The highest BCUT2D eigenvalue weighted by molar-refractivity contribution is 6.05. The molecule has 0 unspecified atom stereocenters. The average molecular weight is 369 g/mol. The van der Waals surface area contributed by atoms with Gasteiger partial charge in [0.15, 0.2) is 5.75 Å². The second-order valence-electron chi connectivity index (χ2n) is 8.51. The molecular weight excluding hydrogens is 342 g/mol.